The second-order valence-electron chi connectivity index (χ2n) is 5.94. The molecule has 1 aliphatic rings. The minimum Gasteiger partial charge on any atom is -0.481 e. The quantitative estimate of drug-likeness (QED) is 0.420. The van der Waals surface area contributed by atoms with Crippen LogP contribution in [0.2, 0.25) is 0 Å². The van der Waals surface area contributed by atoms with Crippen LogP contribution in [0.15, 0.2) is 0 Å². The Morgan fingerprint density at radius 3 is 1.73 bits per heavy atom. The first-order valence-corrected chi connectivity index (χ1v) is 6.78. The van der Waals surface area contributed by atoms with Gasteiger partial charge in [-0.3, -0.25) is 14.4 Å². The molecule has 2 unspecified atom stereocenters. The molecule has 0 aliphatic heterocycles. The summed E-state index contributed by atoms with van der Waals surface area (Å²) in [6, 6.07) is -0.969. The second-order valence-corrected chi connectivity index (χ2v) is 5.94. The van der Waals surface area contributed by atoms with Gasteiger partial charge in [-0.2, -0.15) is 0 Å². The van der Waals surface area contributed by atoms with Gasteiger partial charge in [-0.05, 0) is 18.8 Å². The average Bonchev–Trinajstić information content (AvgIpc) is 2.79. The monoisotopic (exact) mass is 316 g/mol. The van der Waals surface area contributed by atoms with Gasteiger partial charge in [0, 0.05) is 0 Å². The lowest BCUT2D eigenvalue weighted by Gasteiger charge is -2.28. The number of nitrogens with two attached hydrogens (primary N) is 1. The maximum absolute atomic E-state index is 12.0. The third-order valence-corrected chi connectivity index (χ3v) is 4.05. The molecule has 6 N–H and O–H groups in total. The number of hydrogen-bond donors (Lipinski definition) is 5. The van der Waals surface area contributed by atoms with Gasteiger partial charge in [0.1, 0.15) is 5.54 Å². The van der Waals surface area contributed by atoms with Crippen LogP contribution in [-0.2, 0) is 19.2 Å². The number of amides is 1. The van der Waals surface area contributed by atoms with E-state index in [2.05, 4.69) is 5.32 Å². The molecular weight excluding hydrogens is 296 g/mol. The molecule has 0 heterocycles. The van der Waals surface area contributed by atoms with Crippen molar-refractivity contribution in [1.82, 2.24) is 5.32 Å². The highest BCUT2D eigenvalue weighted by Gasteiger charge is 2.56. The van der Waals surface area contributed by atoms with E-state index in [0.29, 0.717) is 0 Å². The summed E-state index contributed by atoms with van der Waals surface area (Å²) >= 11 is 0. The van der Waals surface area contributed by atoms with Gasteiger partial charge in [0.05, 0.1) is 17.9 Å². The van der Waals surface area contributed by atoms with Crippen molar-refractivity contribution in [1.29, 1.82) is 0 Å². The average molecular weight is 316 g/mol. The minimum atomic E-state index is -1.93. The number of nitrogens with one attached hydrogen (secondary N) is 1. The molecule has 1 saturated carbocycles. The van der Waals surface area contributed by atoms with Gasteiger partial charge < -0.3 is 26.4 Å². The van der Waals surface area contributed by atoms with E-state index in [1.807, 2.05) is 0 Å². The van der Waals surface area contributed by atoms with E-state index in [9.17, 15) is 24.3 Å². The number of carbonyl (C=O) groups excluding carboxylic acids is 1. The molecule has 0 aromatic carbocycles. The zero-order valence-corrected chi connectivity index (χ0v) is 12.3. The first-order valence-electron chi connectivity index (χ1n) is 6.78. The molecule has 124 valence electrons. The standard InChI is InChI=1S/C13H20N2O7/c1-5(2)8(14)9(16)15-13(12(21)22)3-6(10(17)18)7(4-13)11(19)20/h5-8H,3-4,14H2,1-2H3,(H,15,16)(H,17,18)(H,19,20)(H,21,22)/t6-,7+,8?,13?. The SMILES string of the molecule is CC(C)C(N)C(=O)NC1(C(=O)O)C[C@H](C(=O)O)[C@H](C(=O)O)C1. The first kappa shape index (κ1) is 17.9. The maximum atomic E-state index is 12.0. The third-order valence-electron chi connectivity index (χ3n) is 4.05. The molecule has 0 aromatic rings. The number of hydrogen-bond acceptors (Lipinski definition) is 5. The molecule has 0 saturated heterocycles. The van der Waals surface area contributed by atoms with Crippen LogP contribution in [0.5, 0.6) is 0 Å². The summed E-state index contributed by atoms with van der Waals surface area (Å²) in [5.74, 6) is -8.04. The molecule has 9 heteroatoms. The van der Waals surface area contributed by atoms with Crippen LogP contribution in [0.4, 0.5) is 0 Å². The molecular formula is C13H20N2O7. The van der Waals surface area contributed by atoms with Crippen molar-refractivity contribution in [2.75, 3.05) is 0 Å². The zero-order valence-electron chi connectivity index (χ0n) is 12.3. The van der Waals surface area contributed by atoms with Crippen LogP contribution >= 0.6 is 0 Å². The molecule has 22 heavy (non-hydrogen) atoms. The third kappa shape index (κ3) is 3.35. The van der Waals surface area contributed by atoms with E-state index in [1.54, 1.807) is 13.8 Å². The number of carbonyl (C=O) groups is 4. The highest BCUT2D eigenvalue weighted by atomic mass is 16.4. The van der Waals surface area contributed by atoms with Gasteiger partial charge in [0.15, 0.2) is 0 Å². The van der Waals surface area contributed by atoms with Crippen LogP contribution in [0.3, 0.4) is 0 Å². The van der Waals surface area contributed by atoms with E-state index in [4.69, 9.17) is 15.9 Å². The highest BCUT2D eigenvalue weighted by Crippen LogP contribution is 2.40. The van der Waals surface area contributed by atoms with Gasteiger partial charge >= 0.3 is 17.9 Å². The normalized spacial score (nSPS) is 29.1. The summed E-state index contributed by atoms with van der Waals surface area (Å²) in [6.07, 6.45) is -0.990. The van der Waals surface area contributed by atoms with Crippen LogP contribution in [-0.4, -0.2) is 50.7 Å². The lowest BCUT2D eigenvalue weighted by atomic mass is 9.94. The fraction of sp³-hybridized carbons (Fsp3) is 0.692. The number of aliphatic carboxylic acids is 3. The van der Waals surface area contributed by atoms with Gasteiger partial charge in [0.25, 0.3) is 0 Å². The summed E-state index contributed by atoms with van der Waals surface area (Å²) in [6.45, 7) is 3.35. The molecule has 1 aliphatic carbocycles. The van der Waals surface area contributed by atoms with Crippen molar-refractivity contribution >= 4 is 23.8 Å². The van der Waals surface area contributed by atoms with E-state index in [-0.39, 0.29) is 5.92 Å². The Kier molecular flexibility index (Phi) is 5.13. The van der Waals surface area contributed by atoms with Crippen molar-refractivity contribution in [3.8, 4) is 0 Å². The summed E-state index contributed by atoms with van der Waals surface area (Å²) in [5.41, 5.74) is 3.71. The van der Waals surface area contributed by atoms with E-state index < -0.39 is 60.1 Å². The fourth-order valence-electron chi connectivity index (χ4n) is 2.59. The van der Waals surface area contributed by atoms with Crippen molar-refractivity contribution < 1.29 is 34.5 Å². The lowest BCUT2D eigenvalue weighted by molar-refractivity contribution is -0.152. The van der Waals surface area contributed by atoms with E-state index in [1.165, 1.54) is 0 Å². The Bertz CT molecular complexity index is 481. The minimum absolute atomic E-state index is 0.252. The van der Waals surface area contributed by atoms with E-state index >= 15 is 0 Å². The lowest BCUT2D eigenvalue weighted by Crippen LogP contribution is -2.58. The summed E-state index contributed by atoms with van der Waals surface area (Å²) in [4.78, 5) is 45.9. The summed E-state index contributed by atoms with van der Waals surface area (Å²) in [5, 5.41) is 29.8. The topological polar surface area (TPSA) is 167 Å². The largest absolute Gasteiger partial charge is 0.481 e. The Morgan fingerprint density at radius 2 is 1.45 bits per heavy atom. The molecule has 1 rings (SSSR count). The number of carboxylic acids is 3. The van der Waals surface area contributed by atoms with Crippen molar-refractivity contribution in [3.05, 3.63) is 0 Å². The zero-order chi connectivity index (χ0) is 17.2. The molecule has 4 atom stereocenters. The Balaban J connectivity index is 3.08. The summed E-state index contributed by atoms with van der Waals surface area (Å²) in [7, 11) is 0. The van der Waals surface area contributed by atoms with Crippen LogP contribution in [0, 0.1) is 17.8 Å². The second kappa shape index (κ2) is 6.30. The molecule has 0 bridgehead atoms. The predicted octanol–water partition coefficient (Wildman–Crippen LogP) is -0.895. The van der Waals surface area contributed by atoms with E-state index in [0.717, 1.165) is 0 Å². The van der Waals surface area contributed by atoms with Crippen molar-refractivity contribution in [2.45, 2.75) is 38.3 Å². The van der Waals surface area contributed by atoms with Gasteiger partial charge in [-0.1, -0.05) is 13.8 Å². The molecule has 1 fully saturated rings. The van der Waals surface area contributed by atoms with Crippen LogP contribution in [0.25, 0.3) is 0 Å². The smallest absolute Gasteiger partial charge is 0.329 e. The fourth-order valence-corrected chi connectivity index (χ4v) is 2.59. The number of carboxylic acid groups (broad SMARTS) is 3. The summed E-state index contributed by atoms with van der Waals surface area (Å²) < 4.78 is 0. The predicted molar refractivity (Wildman–Crippen MR) is 72.8 cm³/mol. The highest BCUT2D eigenvalue weighted by molar-refractivity contribution is 5.92. The van der Waals surface area contributed by atoms with Crippen molar-refractivity contribution in [3.63, 3.8) is 0 Å². The van der Waals surface area contributed by atoms with Crippen molar-refractivity contribution in [2.24, 2.45) is 23.5 Å². The Hall–Kier alpha value is -2.16. The maximum Gasteiger partial charge on any atom is 0.329 e. The molecule has 9 nitrogen and oxygen atoms in total. The van der Waals surface area contributed by atoms with Gasteiger partial charge in [-0.15, -0.1) is 0 Å². The molecule has 0 radical (unpaired) electrons. The molecule has 0 aromatic heterocycles. The molecule has 1 amide bonds. The first-order chi connectivity index (χ1) is 10.0. The Morgan fingerprint density at radius 1 is 1.05 bits per heavy atom. The van der Waals surface area contributed by atoms with Gasteiger partial charge in [-0.25, -0.2) is 4.79 Å². The Labute approximate surface area is 126 Å². The number of rotatable bonds is 6. The molecule has 0 spiro atoms. The van der Waals surface area contributed by atoms with Gasteiger partial charge in [0.2, 0.25) is 5.91 Å². The van der Waals surface area contributed by atoms with Crippen LogP contribution < -0.4 is 11.1 Å². The van der Waals surface area contributed by atoms with Crippen LogP contribution in [0.1, 0.15) is 26.7 Å².